The van der Waals surface area contributed by atoms with Crippen LogP contribution in [0.25, 0.3) is 11.1 Å². The molecule has 0 atom stereocenters. The first kappa shape index (κ1) is 28.3. The molecular weight excluding hydrogens is 414 g/mol. The molecule has 2 heterocycles. The van der Waals surface area contributed by atoms with E-state index in [4.69, 9.17) is 9.15 Å². The van der Waals surface area contributed by atoms with Crippen LogP contribution in [0.1, 0.15) is 55.6 Å². The zero-order chi connectivity index (χ0) is 24.5. The molecule has 2 aromatic carbocycles. The van der Waals surface area contributed by atoms with Crippen LogP contribution in [0.5, 0.6) is 0 Å². The largest absolute Gasteiger partial charge is 0.443 e. The molecule has 0 spiro atoms. The summed E-state index contributed by atoms with van der Waals surface area (Å²) in [6.45, 7) is 17.5. The summed E-state index contributed by atoms with van der Waals surface area (Å²) in [4.78, 5) is 18.3. The van der Waals surface area contributed by atoms with Crippen molar-refractivity contribution in [3.63, 3.8) is 0 Å². The zero-order valence-corrected chi connectivity index (χ0v) is 21.2. The third-order valence-corrected chi connectivity index (χ3v) is 4.84. The number of amides is 1. The fourth-order valence-electron chi connectivity index (χ4n) is 3.10. The summed E-state index contributed by atoms with van der Waals surface area (Å²) in [5.41, 5.74) is 4.90. The summed E-state index contributed by atoms with van der Waals surface area (Å²) in [6.07, 6.45) is 2.45. The third kappa shape index (κ3) is 10.6. The Kier molecular flexibility index (Phi) is 14.5. The minimum absolute atomic E-state index is 0.0157. The van der Waals surface area contributed by atoms with Gasteiger partial charge in [0.25, 0.3) is 5.91 Å². The molecular formula is C27H41N3O3. The lowest BCUT2D eigenvalue weighted by Crippen LogP contribution is -2.38. The highest BCUT2D eigenvalue weighted by Gasteiger charge is 2.10. The normalized spacial score (nSPS) is 12.9. The van der Waals surface area contributed by atoms with Gasteiger partial charge in [0.1, 0.15) is 5.52 Å². The van der Waals surface area contributed by atoms with Gasteiger partial charge in [-0.1, -0.05) is 51.5 Å². The predicted molar refractivity (Wildman–Crippen MR) is 137 cm³/mol. The zero-order valence-electron chi connectivity index (χ0n) is 21.2. The Morgan fingerprint density at radius 3 is 2.27 bits per heavy atom. The van der Waals surface area contributed by atoms with Gasteiger partial charge in [0.2, 0.25) is 0 Å². The van der Waals surface area contributed by atoms with Gasteiger partial charge < -0.3 is 14.5 Å². The molecule has 1 aliphatic rings. The smallest absolute Gasteiger partial charge is 0.251 e. The van der Waals surface area contributed by atoms with Crippen molar-refractivity contribution < 1.29 is 13.9 Å². The molecule has 1 fully saturated rings. The van der Waals surface area contributed by atoms with Gasteiger partial charge in [0.05, 0.1) is 13.2 Å². The number of nitrogens with zero attached hydrogens (tertiary/aromatic N) is 2. The lowest BCUT2D eigenvalue weighted by atomic mass is 10.1. The maximum Gasteiger partial charge on any atom is 0.251 e. The fraction of sp³-hybridized carbons (Fsp3) is 0.481. The van der Waals surface area contributed by atoms with E-state index in [1.54, 1.807) is 0 Å². The van der Waals surface area contributed by atoms with E-state index in [0.29, 0.717) is 0 Å². The number of morpholine rings is 1. The van der Waals surface area contributed by atoms with Crippen molar-refractivity contribution in [3.05, 3.63) is 65.5 Å². The van der Waals surface area contributed by atoms with E-state index in [2.05, 4.69) is 15.2 Å². The van der Waals surface area contributed by atoms with Crippen LogP contribution in [0, 0.1) is 13.8 Å². The number of aromatic nitrogens is 1. The predicted octanol–water partition coefficient (Wildman–Crippen LogP) is 5.64. The van der Waals surface area contributed by atoms with Gasteiger partial charge in [-0.3, -0.25) is 9.69 Å². The summed E-state index contributed by atoms with van der Waals surface area (Å²) < 4.78 is 10.4. The minimum atomic E-state index is 0.0157. The molecule has 3 aromatic rings. The number of fused-ring (bicyclic) bond motifs is 1. The average molecular weight is 456 g/mol. The summed E-state index contributed by atoms with van der Waals surface area (Å²) in [5.74, 6) is 0.0157. The van der Waals surface area contributed by atoms with Crippen molar-refractivity contribution >= 4 is 17.0 Å². The Hall–Kier alpha value is -2.70. The van der Waals surface area contributed by atoms with Gasteiger partial charge >= 0.3 is 0 Å². The van der Waals surface area contributed by atoms with Crippen LogP contribution < -0.4 is 5.32 Å². The molecule has 33 heavy (non-hydrogen) atoms. The second kappa shape index (κ2) is 16.9. The second-order valence-electron chi connectivity index (χ2n) is 7.25. The van der Waals surface area contributed by atoms with Crippen molar-refractivity contribution in [2.75, 3.05) is 39.4 Å². The van der Waals surface area contributed by atoms with E-state index in [-0.39, 0.29) is 5.91 Å². The first-order chi connectivity index (χ1) is 16.1. The van der Waals surface area contributed by atoms with Crippen LogP contribution in [0.3, 0.4) is 0 Å². The molecule has 1 amide bonds. The van der Waals surface area contributed by atoms with E-state index in [0.717, 1.165) is 62.5 Å². The van der Waals surface area contributed by atoms with E-state index in [1.165, 1.54) is 17.5 Å². The highest BCUT2D eigenvalue weighted by molar-refractivity contribution is 5.94. The van der Waals surface area contributed by atoms with Crippen molar-refractivity contribution in [3.8, 4) is 0 Å². The third-order valence-electron chi connectivity index (χ3n) is 4.84. The summed E-state index contributed by atoms with van der Waals surface area (Å²) in [7, 11) is 0. The Morgan fingerprint density at radius 2 is 1.61 bits per heavy atom. The summed E-state index contributed by atoms with van der Waals surface area (Å²) in [5, 5.41) is 2.96. The number of hydrogen-bond acceptors (Lipinski definition) is 5. The number of carbonyl (C=O) groups excluding carboxylic acids is 1. The molecule has 1 N–H and O–H groups in total. The topological polar surface area (TPSA) is 67.6 Å². The van der Waals surface area contributed by atoms with Crippen molar-refractivity contribution in [2.45, 2.75) is 48.0 Å². The van der Waals surface area contributed by atoms with E-state index in [1.807, 2.05) is 84.0 Å². The molecule has 1 aromatic heterocycles. The first-order valence-electron chi connectivity index (χ1n) is 12.1. The highest BCUT2D eigenvalue weighted by atomic mass is 16.5. The maximum atomic E-state index is 11.9. The standard InChI is InChI=1S/C15H22N2O2.C8H7NO.2C2H6/c1-13-3-5-14(6-4-13)15(18)16-7-2-8-17-9-11-19-12-10-17;1-6-2-3-8-7(4-6)9-5-10-8;2*1-2/h3-6H,2,7-12H2,1H3,(H,16,18);2-5H,1H3;2*1-2H3. The number of aryl methyl sites for hydroxylation is 2. The fourth-order valence-corrected chi connectivity index (χ4v) is 3.10. The van der Waals surface area contributed by atoms with Crippen LogP contribution in [0.4, 0.5) is 0 Å². The molecule has 182 valence electrons. The molecule has 6 heteroatoms. The number of ether oxygens (including phenoxy) is 1. The van der Waals surface area contributed by atoms with Gasteiger partial charge in [0.15, 0.2) is 12.0 Å². The van der Waals surface area contributed by atoms with Gasteiger partial charge in [-0.25, -0.2) is 4.98 Å². The lowest BCUT2D eigenvalue weighted by molar-refractivity contribution is 0.0374. The van der Waals surface area contributed by atoms with Crippen LogP contribution >= 0.6 is 0 Å². The summed E-state index contributed by atoms with van der Waals surface area (Å²) in [6, 6.07) is 13.6. The molecule has 1 saturated heterocycles. The van der Waals surface area contributed by atoms with Gasteiger partial charge in [-0.05, 0) is 56.6 Å². The van der Waals surface area contributed by atoms with Crippen LogP contribution in [0.2, 0.25) is 0 Å². The van der Waals surface area contributed by atoms with Gasteiger partial charge in [-0.2, -0.15) is 0 Å². The average Bonchev–Trinajstić information content (AvgIpc) is 3.33. The van der Waals surface area contributed by atoms with Crippen molar-refractivity contribution in [1.82, 2.24) is 15.2 Å². The molecule has 0 radical (unpaired) electrons. The Bertz CT molecular complexity index is 900. The maximum absolute atomic E-state index is 11.9. The molecule has 0 unspecified atom stereocenters. The van der Waals surface area contributed by atoms with E-state index in [9.17, 15) is 4.79 Å². The number of oxazole rings is 1. The van der Waals surface area contributed by atoms with Crippen molar-refractivity contribution in [1.29, 1.82) is 0 Å². The van der Waals surface area contributed by atoms with Gasteiger partial charge in [0, 0.05) is 25.2 Å². The SMILES string of the molecule is CC.CC.Cc1ccc(C(=O)NCCCN2CCOCC2)cc1.Cc1ccc2ocnc2c1. The van der Waals surface area contributed by atoms with E-state index < -0.39 is 0 Å². The second-order valence-corrected chi connectivity index (χ2v) is 7.25. The van der Waals surface area contributed by atoms with Crippen LogP contribution in [0.15, 0.2) is 53.3 Å². The first-order valence-corrected chi connectivity index (χ1v) is 12.1. The summed E-state index contributed by atoms with van der Waals surface area (Å²) >= 11 is 0. The molecule has 0 bridgehead atoms. The quantitative estimate of drug-likeness (QED) is 0.505. The molecule has 4 rings (SSSR count). The van der Waals surface area contributed by atoms with Crippen LogP contribution in [-0.2, 0) is 4.74 Å². The monoisotopic (exact) mass is 455 g/mol. The Labute approximate surface area is 199 Å². The number of benzene rings is 2. The number of rotatable bonds is 5. The molecule has 1 aliphatic heterocycles. The van der Waals surface area contributed by atoms with Crippen molar-refractivity contribution in [2.24, 2.45) is 0 Å². The number of nitrogens with one attached hydrogen (secondary N) is 1. The van der Waals surface area contributed by atoms with Gasteiger partial charge in [-0.15, -0.1) is 0 Å². The number of hydrogen-bond donors (Lipinski definition) is 1. The highest BCUT2D eigenvalue weighted by Crippen LogP contribution is 2.12. The molecule has 0 saturated carbocycles. The van der Waals surface area contributed by atoms with E-state index >= 15 is 0 Å². The molecule has 0 aliphatic carbocycles. The Balaban J connectivity index is 0.000000325. The van der Waals surface area contributed by atoms with Crippen LogP contribution in [-0.4, -0.2) is 55.2 Å². The minimum Gasteiger partial charge on any atom is -0.443 e. The lowest BCUT2D eigenvalue weighted by Gasteiger charge is -2.26. The number of carbonyl (C=O) groups is 1. The Morgan fingerprint density at radius 1 is 0.970 bits per heavy atom. The molecule has 6 nitrogen and oxygen atoms in total.